The van der Waals surface area contributed by atoms with Crippen molar-refractivity contribution in [3.05, 3.63) is 91.8 Å². The molecule has 5 heteroatoms. The Morgan fingerprint density at radius 3 is 2.69 bits per heavy atom. The first-order valence-electron chi connectivity index (χ1n) is 9.75. The maximum atomic E-state index is 13.2. The Balaban J connectivity index is 1.72. The number of hydrogen-bond acceptors (Lipinski definition) is 4. The highest BCUT2D eigenvalue weighted by molar-refractivity contribution is 14.1. The summed E-state index contributed by atoms with van der Waals surface area (Å²) in [5.41, 5.74) is 4.84. The van der Waals surface area contributed by atoms with E-state index in [1.165, 1.54) is 0 Å². The molecule has 1 N–H and O–H groups in total. The van der Waals surface area contributed by atoms with Crippen molar-refractivity contribution in [2.75, 3.05) is 0 Å². The highest BCUT2D eigenvalue weighted by atomic mass is 127. The van der Waals surface area contributed by atoms with Crippen LogP contribution in [0.4, 0.5) is 0 Å². The van der Waals surface area contributed by atoms with Gasteiger partial charge in [0.25, 0.3) is 0 Å². The molecule has 1 atom stereocenters. The van der Waals surface area contributed by atoms with E-state index in [9.17, 15) is 9.59 Å². The van der Waals surface area contributed by atoms with Crippen molar-refractivity contribution >= 4 is 34.3 Å². The van der Waals surface area contributed by atoms with Crippen LogP contribution in [0.2, 0.25) is 0 Å². The molecule has 4 rings (SSSR count). The zero-order valence-electron chi connectivity index (χ0n) is 16.2. The fourth-order valence-corrected chi connectivity index (χ4v) is 4.64. The van der Waals surface area contributed by atoms with Crippen molar-refractivity contribution in [2.24, 2.45) is 0 Å². The Kier molecular flexibility index (Phi) is 5.85. The van der Waals surface area contributed by atoms with Gasteiger partial charge in [0.15, 0.2) is 5.78 Å². The fourth-order valence-electron chi connectivity index (χ4n) is 4.07. The van der Waals surface area contributed by atoms with Crippen molar-refractivity contribution in [3.63, 3.8) is 0 Å². The molecule has 0 aromatic heterocycles. The number of benzene rings is 2. The minimum absolute atomic E-state index is 0.114. The Bertz CT molecular complexity index is 1020. The molecular formula is C24H22INO3. The van der Waals surface area contributed by atoms with Crippen molar-refractivity contribution in [1.82, 2.24) is 5.32 Å². The zero-order chi connectivity index (χ0) is 20.4. The van der Waals surface area contributed by atoms with Crippen molar-refractivity contribution in [1.29, 1.82) is 0 Å². The van der Waals surface area contributed by atoms with Gasteiger partial charge in [0.1, 0.15) is 6.61 Å². The monoisotopic (exact) mass is 499 g/mol. The van der Waals surface area contributed by atoms with Gasteiger partial charge in [-0.05, 0) is 65.6 Å². The number of ether oxygens (including phenoxy) is 1. The van der Waals surface area contributed by atoms with Crippen LogP contribution >= 0.6 is 22.6 Å². The van der Waals surface area contributed by atoms with Crippen LogP contribution in [0.1, 0.15) is 43.2 Å². The zero-order valence-corrected chi connectivity index (χ0v) is 18.4. The highest BCUT2D eigenvalue weighted by Crippen LogP contribution is 2.42. The summed E-state index contributed by atoms with van der Waals surface area (Å²) >= 11 is 2.26. The first-order chi connectivity index (χ1) is 14.0. The van der Waals surface area contributed by atoms with Crippen LogP contribution in [-0.2, 0) is 20.9 Å². The van der Waals surface area contributed by atoms with E-state index in [4.69, 9.17) is 4.74 Å². The van der Waals surface area contributed by atoms with E-state index in [1.54, 1.807) is 0 Å². The minimum Gasteiger partial charge on any atom is -0.457 e. The van der Waals surface area contributed by atoms with Crippen LogP contribution in [0.5, 0.6) is 0 Å². The number of dihydropyridines is 1. The normalized spacial score (nSPS) is 19.0. The highest BCUT2D eigenvalue weighted by Gasteiger charge is 2.39. The summed E-state index contributed by atoms with van der Waals surface area (Å²) in [6.45, 7) is 2.10. The van der Waals surface area contributed by atoms with Crippen LogP contribution in [0.15, 0.2) is 77.1 Å². The number of allylic oxidation sites excluding steroid dienone is 3. The molecule has 0 unspecified atom stereocenters. The summed E-state index contributed by atoms with van der Waals surface area (Å²) in [5, 5.41) is 3.33. The van der Waals surface area contributed by atoms with E-state index in [-0.39, 0.29) is 18.4 Å². The lowest BCUT2D eigenvalue weighted by atomic mass is 9.75. The summed E-state index contributed by atoms with van der Waals surface area (Å²) in [7, 11) is 0. The number of Topliss-reactive ketones (excluding diaryl/α,β-unsaturated/α-hetero) is 1. The minimum atomic E-state index is -0.392. The van der Waals surface area contributed by atoms with E-state index >= 15 is 0 Å². The second-order valence-electron chi connectivity index (χ2n) is 7.38. The van der Waals surface area contributed by atoms with Crippen LogP contribution < -0.4 is 5.32 Å². The second kappa shape index (κ2) is 8.53. The smallest absolute Gasteiger partial charge is 0.337 e. The lowest BCUT2D eigenvalue weighted by Crippen LogP contribution is -2.34. The van der Waals surface area contributed by atoms with E-state index in [1.807, 2.05) is 61.5 Å². The number of carbonyl (C=O) groups excluding carboxylic acids is 2. The van der Waals surface area contributed by atoms with Gasteiger partial charge in [0.05, 0.1) is 5.57 Å². The molecule has 0 bridgehead atoms. The third kappa shape index (κ3) is 4.15. The molecule has 0 amide bonds. The summed E-state index contributed by atoms with van der Waals surface area (Å²) < 4.78 is 6.73. The number of nitrogens with one attached hydrogen (secondary N) is 1. The molecule has 0 radical (unpaired) electrons. The van der Waals surface area contributed by atoms with Gasteiger partial charge < -0.3 is 10.1 Å². The lowest BCUT2D eigenvalue weighted by molar-refractivity contribution is -0.140. The maximum Gasteiger partial charge on any atom is 0.337 e. The van der Waals surface area contributed by atoms with Crippen LogP contribution in [0, 0.1) is 3.57 Å². The molecule has 0 fully saturated rings. The quantitative estimate of drug-likeness (QED) is 0.475. The SMILES string of the molecule is CC1=C(C(=O)OCc2ccccc2)[C@@H](c2cccc(I)c2)C2=C(CCCC2=O)N1. The summed E-state index contributed by atoms with van der Waals surface area (Å²) in [6, 6.07) is 17.6. The number of hydrogen-bond donors (Lipinski definition) is 1. The van der Waals surface area contributed by atoms with E-state index in [2.05, 4.69) is 27.9 Å². The summed E-state index contributed by atoms with van der Waals surface area (Å²) in [5.74, 6) is -0.659. The summed E-state index contributed by atoms with van der Waals surface area (Å²) in [6.07, 6.45) is 2.18. The van der Waals surface area contributed by atoms with Crippen molar-refractivity contribution in [2.45, 2.75) is 38.7 Å². The fraction of sp³-hybridized carbons (Fsp3) is 0.250. The van der Waals surface area contributed by atoms with Gasteiger partial charge in [-0.15, -0.1) is 0 Å². The van der Waals surface area contributed by atoms with E-state index < -0.39 is 5.92 Å². The number of carbonyl (C=O) groups is 2. The molecule has 2 aliphatic rings. The molecule has 2 aromatic rings. The molecule has 148 valence electrons. The largest absolute Gasteiger partial charge is 0.457 e. The molecule has 1 aliphatic heterocycles. The number of halogens is 1. The average Bonchev–Trinajstić information content (AvgIpc) is 2.72. The lowest BCUT2D eigenvalue weighted by Gasteiger charge is -2.34. The number of esters is 1. The Morgan fingerprint density at radius 2 is 1.93 bits per heavy atom. The first-order valence-corrected chi connectivity index (χ1v) is 10.8. The van der Waals surface area contributed by atoms with Gasteiger partial charge in [0, 0.05) is 32.9 Å². The molecule has 0 saturated carbocycles. The average molecular weight is 499 g/mol. The molecule has 1 heterocycles. The third-order valence-electron chi connectivity index (χ3n) is 5.39. The van der Waals surface area contributed by atoms with Crippen LogP contribution in [0.3, 0.4) is 0 Å². The first kappa shape index (κ1) is 19.9. The molecular weight excluding hydrogens is 477 g/mol. The predicted octanol–water partition coefficient (Wildman–Crippen LogP) is 5.00. The Morgan fingerprint density at radius 1 is 1.14 bits per heavy atom. The molecule has 0 saturated heterocycles. The Labute approximate surface area is 184 Å². The van der Waals surface area contributed by atoms with E-state index in [0.29, 0.717) is 12.0 Å². The van der Waals surface area contributed by atoms with Crippen LogP contribution in [-0.4, -0.2) is 11.8 Å². The Hall–Kier alpha value is -2.41. The van der Waals surface area contributed by atoms with Gasteiger partial charge in [0.2, 0.25) is 0 Å². The summed E-state index contributed by atoms with van der Waals surface area (Å²) in [4.78, 5) is 26.1. The van der Waals surface area contributed by atoms with Gasteiger partial charge in [-0.3, -0.25) is 4.79 Å². The van der Waals surface area contributed by atoms with Gasteiger partial charge in [-0.2, -0.15) is 0 Å². The number of ketones is 1. The van der Waals surface area contributed by atoms with E-state index in [0.717, 1.165) is 44.5 Å². The standard InChI is InChI=1S/C24H22INO3/c1-15-21(24(28)29-14-16-7-3-2-4-8-16)22(17-9-5-10-18(25)13-17)23-19(26-15)11-6-12-20(23)27/h2-5,7-10,13,22,26H,6,11-12,14H2,1H3/t22-/m1/s1. The van der Waals surface area contributed by atoms with Crippen LogP contribution in [0.25, 0.3) is 0 Å². The molecule has 29 heavy (non-hydrogen) atoms. The second-order valence-corrected chi connectivity index (χ2v) is 8.63. The molecule has 4 nitrogen and oxygen atoms in total. The maximum absolute atomic E-state index is 13.2. The van der Waals surface area contributed by atoms with Gasteiger partial charge in [-0.25, -0.2) is 4.79 Å². The van der Waals surface area contributed by atoms with Gasteiger partial charge >= 0.3 is 5.97 Å². The van der Waals surface area contributed by atoms with Crippen molar-refractivity contribution in [3.8, 4) is 0 Å². The molecule has 0 spiro atoms. The van der Waals surface area contributed by atoms with Gasteiger partial charge in [-0.1, -0.05) is 42.5 Å². The van der Waals surface area contributed by atoms with Crippen molar-refractivity contribution < 1.29 is 14.3 Å². The topological polar surface area (TPSA) is 55.4 Å². The molecule has 1 aliphatic carbocycles. The molecule has 2 aromatic carbocycles. The number of rotatable bonds is 4. The predicted molar refractivity (Wildman–Crippen MR) is 120 cm³/mol. The third-order valence-corrected chi connectivity index (χ3v) is 6.06.